The molecule has 0 aromatic carbocycles. The smallest absolute Gasteiger partial charge is 0.352 e. The molecule has 0 aliphatic heterocycles. The predicted molar refractivity (Wildman–Crippen MR) is 74.9 cm³/mol. The van der Waals surface area contributed by atoms with Crippen LogP contribution in [0.1, 0.15) is 17.4 Å². The van der Waals surface area contributed by atoms with Crippen LogP contribution in [0.3, 0.4) is 0 Å². The molecule has 0 saturated heterocycles. The molecule has 3 N–H and O–H groups in total. The molecule has 0 radical (unpaired) electrons. The number of sulfonamides is 1. The van der Waals surface area contributed by atoms with Crippen LogP contribution in [0.5, 0.6) is 0 Å². The number of nitrogens with one attached hydrogen (secondary N) is 2. The summed E-state index contributed by atoms with van der Waals surface area (Å²) in [5, 5.41) is 8.77. The Balaban J connectivity index is 2.32. The van der Waals surface area contributed by atoms with Crippen LogP contribution in [0.4, 0.5) is 5.69 Å². The molecule has 0 amide bonds. The summed E-state index contributed by atoms with van der Waals surface area (Å²) in [5.41, 5.74) is -0.251. The first-order valence-electron chi connectivity index (χ1n) is 5.98. The van der Waals surface area contributed by atoms with E-state index in [4.69, 9.17) is 5.11 Å². The zero-order valence-electron chi connectivity index (χ0n) is 11.0. The van der Waals surface area contributed by atoms with Gasteiger partial charge in [0.05, 0.1) is 5.69 Å². The van der Waals surface area contributed by atoms with E-state index in [1.807, 2.05) is 0 Å². The average Bonchev–Trinajstić information content (AvgIpc) is 2.91. The van der Waals surface area contributed by atoms with Crippen molar-refractivity contribution in [3.8, 4) is 0 Å². The summed E-state index contributed by atoms with van der Waals surface area (Å²) >= 11 is 0. The zero-order chi connectivity index (χ0) is 15.6. The largest absolute Gasteiger partial charge is 0.477 e. The lowest BCUT2D eigenvalue weighted by molar-refractivity contribution is 0.0691. The van der Waals surface area contributed by atoms with Crippen molar-refractivity contribution in [1.29, 1.82) is 0 Å². The van der Waals surface area contributed by atoms with Gasteiger partial charge in [-0.25, -0.2) is 13.2 Å². The predicted octanol–water partition coefficient (Wildman–Crippen LogP) is 0.695. The second-order valence-electron chi connectivity index (χ2n) is 4.20. The van der Waals surface area contributed by atoms with E-state index in [2.05, 4.69) is 9.71 Å². The maximum absolute atomic E-state index is 12.1. The van der Waals surface area contributed by atoms with Crippen LogP contribution in [0.15, 0.2) is 40.3 Å². The third kappa shape index (κ3) is 3.14. The number of aromatic carboxylic acids is 1. The number of nitrogens with zero attached hydrogens (tertiary/aromatic N) is 1. The first kappa shape index (κ1) is 14.9. The molecule has 0 fully saturated rings. The molecular formula is C12H13N3O5S. The number of aryl methyl sites for hydroxylation is 1. The van der Waals surface area contributed by atoms with Crippen molar-refractivity contribution >= 4 is 21.7 Å². The Bertz CT molecular complexity index is 835. The van der Waals surface area contributed by atoms with Crippen LogP contribution in [0, 0.1) is 0 Å². The second-order valence-corrected chi connectivity index (χ2v) is 5.88. The molecule has 0 aliphatic rings. The van der Waals surface area contributed by atoms with Gasteiger partial charge in [-0.2, -0.15) is 0 Å². The van der Waals surface area contributed by atoms with Crippen molar-refractivity contribution in [3.63, 3.8) is 0 Å². The van der Waals surface area contributed by atoms with Gasteiger partial charge in [-0.3, -0.25) is 9.52 Å². The van der Waals surface area contributed by atoms with Gasteiger partial charge in [-0.15, -0.1) is 0 Å². The van der Waals surface area contributed by atoms with Gasteiger partial charge in [-0.05, 0) is 19.1 Å². The third-order valence-corrected chi connectivity index (χ3v) is 4.13. The molecule has 112 valence electrons. The van der Waals surface area contributed by atoms with Crippen LogP contribution in [0.2, 0.25) is 0 Å². The number of pyridine rings is 1. The van der Waals surface area contributed by atoms with Crippen LogP contribution >= 0.6 is 0 Å². The lowest BCUT2D eigenvalue weighted by Gasteiger charge is -2.08. The Morgan fingerprint density at radius 3 is 2.71 bits per heavy atom. The highest BCUT2D eigenvalue weighted by atomic mass is 32.2. The van der Waals surface area contributed by atoms with Gasteiger partial charge in [0.25, 0.3) is 15.6 Å². The lowest BCUT2D eigenvalue weighted by atomic mass is 10.4. The topological polar surface area (TPSA) is 121 Å². The molecule has 0 saturated carbocycles. The summed E-state index contributed by atoms with van der Waals surface area (Å²) in [6.07, 6.45) is 2.46. The second kappa shape index (κ2) is 5.44. The van der Waals surface area contributed by atoms with Gasteiger partial charge in [-0.1, -0.05) is 0 Å². The van der Waals surface area contributed by atoms with E-state index >= 15 is 0 Å². The van der Waals surface area contributed by atoms with Crippen LogP contribution in [-0.2, 0) is 16.6 Å². The molecule has 21 heavy (non-hydrogen) atoms. The maximum atomic E-state index is 12.1. The highest BCUT2D eigenvalue weighted by Crippen LogP contribution is 2.16. The first-order chi connectivity index (χ1) is 9.83. The molecule has 0 spiro atoms. The minimum absolute atomic E-state index is 0.200. The number of H-pyrrole nitrogens is 1. The van der Waals surface area contributed by atoms with E-state index in [1.165, 1.54) is 22.9 Å². The summed E-state index contributed by atoms with van der Waals surface area (Å²) in [6.45, 7) is 2.16. The minimum Gasteiger partial charge on any atom is -0.477 e. The van der Waals surface area contributed by atoms with E-state index in [9.17, 15) is 18.0 Å². The molecular weight excluding hydrogens is 298 g/mol. The van der Waals surface area contributed by atoms with Crippen molar-refractivity contribution in [2.75, 3.05) is 4.72 Å². The zero-order valence-corrected chi connectivity index (χ0v) is 11.8. The van der Waals surface area contributed by atoms with Gasteiger partial charge in [0.1, 0.15) is 10.6 Å². The third-order valence-electron chi connectivity index (χ3n) is 2.77. The number of anilines is 1. The van der Waals surface area contributed by atoms with E-state index in [0.717, 1.165) is 12.3 Å². The van der Waals surface area contributed by atoms with Crippen molar-refractivity contribution in [3.05, 3.63) is 46.6 Å². The van der Waals surface area contributed by atoms with Crippen molar-refractivity contribution < 1.29 is 18.3 Å². The van der Waals surface area contributed by atoms with Gasteiger partial charge < -0.3 is 14.7 Å². The van der Waals surface area contributed by atoms with Crippen LogP contribution in [0.25, 0.3) is 0 Å². The van der Waals surface area contributed by atoms with E-state index < -0.39 is 16.0 Å². The molecule has 2 heterocycles. The molecule has 2 aromatic rings. The van der Waals surface area contributed by atoms with Crippen LogP contribution < -0.4 is 10.3 Å². The van der Waals surface area contributed by atoms with E-state index in [1.54, 1.807) is 6.92 Å². The molecule has 8 nitrogen and oxygen atoms in total. The number of carbonyl (C=O) groups is 1. The Hall–Kier alpha value is -2.55. The van der Waals surface area contributed by atoms with Crippen molar-refractivity contribution in [2.24, 2.45) is 0 Å². The molecule has 0 atom stereocenters. The van der Waals surface area contributed by atoms with Gasteiger partial charge in [0.15, 0.2) is 0 Å². The van der Waals surface area contributed by atoms with Gasteiger partial charge in [0.2, 0.25) is 0 Å². The quantitative estimate of drug-likeness (QED) is 0.750. The van der Waals surface area contributed by atoms with E-state index in [0.29, 0.717) is 6.54 Å². The highest BCUT2D eigenvalue weighted by Gasteiger charge is 2.18. The fourth-order valence-electron chi connectivity index (χ4n) is 1.71. The van der Waals surface area contributed by atoms with Crippen molar-refractivity contribution in [1.82, 2.24) is 9.55 Å². The Morgan fingerprint density at radius 2 is 2.14 bits per heavy atom. The van der Waals surface area contributed by atoms with E-state index in [-0.39, 0.29) is 21.8 Å². The normalized spacial score (nSPS) is 11.3. The maximum Gasteiger partial charge on any atom is 0.352 e. The summed E-state index contributed by atoms with van der Waals surface area (Å²) < 4.78 is 27.9. The summed E-state index contributed by atoms with van der Waals surface area (Å²) in [4.78, 5) is 24.3. The molecule has 0 unspecified atom stereocenters. The molecule has 9 heteroatoms. The SMILES string of the molecule is CCn1cc(NS(=O)(=O)c2c[nH]c(C(=O)O)c2)ccc1=O. The highest BCUT2D eigenvalue weighted by molar-refractivity contribution is 7.92. The molecule has 2 aromatic heterocycles. The van der Waals surface area contributed by atoms with Gasteiger partial charge in [0, 0.05) is 25.0 Å². The summed E-state index contributed by atoms with van der Waals surface area (Å²) in [5.74, 6) is -1.25. The average molecular weight is 311 g/mol. The molecule has 0 aliphatic carbocycles. The fraction of sp³-hybridized carbons (Fsp3) is 0.167. The number of aromatic amines is 1. The Morgan fingerprint density at radius 1 is 1.43 bits per heavy atom. The minimum atomic E-state index is -3.92. The Kier molecular flexibility index (Phi) is 3.85. The van der Waals surface area contributed by atoms with Crippen LogP contribution in [-0.4, -0.2) is 29.0 Å². The summed E-state index contributed by atoms with van der Waals surface area (Å²) in [6, 6.07) is 3.61. The number of rotatable bonds is 5. The number of aromatic nitrogens is 2. The molecule has 0 bridgehead atoms. The first-order valence-corrected chi connectivity index (χ1v) is 7.47. The number of carboxylic acids is 1. The van der Waals surface area contributed by atoms with Gasteiger partial charge >= 0.3 is 5.97 Å². The lowest BCUT2D eigenvalue weighted by Crippen LogP contribution is -2.19. The molecule has 2 rings (SSSR count). The fourth-order valence-corrected chi connectivity index (χ4v) is 2.74. The summed E-state index contributed by atoms with van der Waals surface area (Å²) in [7, 11) is -3.92. The number of hydrogen-bond acceptors (Lipinski definition) is 4. The standard InChI is InChI=1S/C12H13N3O5S/c1-2-15-7-8(3-4-11(15)16)14-21(19,20)9-5-10(12(17)18)13-6-9/h3-7,13-14H,2H2,1H3,(H,17,18). The Labute approximate surface area is 120 Å². The van der Waals surface area contributed by atoms with Crippen molar-refractivity contribution in [2.45, 2.75) is 18.4 Å². The monoisotopic (exact) mass is 311 g/mol. The number of hydrogen-bond donors (Lipinski definition) is 3. The number of carboxylic acid groups (broad SMARTS) is 1.